The third-order valence-electron chi connectivity index (χ3n) is 4.32. The maximum absolute atomic E-state index is 11.3. The Morgan fingerprint density at radius 2 is 1.42 bits per heavy atom. The fraction of sp³-hybridized carbons (Fsp3) is 0.318. The molecule has 4 heteroatoms. The van der Waals surface area contributed by atoms with Gasteiger partial charge in [0.05, 0.1) is 7.11 Å². The largest absolute Gasteiger partial charge is 0.497 e. The smallest absolute Gasteiger partial charge is 0.333 e. The molecule has 0 unspecified atom stereocenters. The lowest BCUT2D eigenvalue weighted by molar-refractivity contribution is -0.139. The van der Waals surface area contributed by atoms with Crippen molar-refractivity contribution < 1.29 is 19.0 Å². The van der Waals surface area contributed by atoms with E-state index in [1.54, 1.807) is 14.0 Å². The monoisotopic (exact) mass is 354 g/mol. The van der Waals surface area contributed by atoms with Crippen molar-refractivity contribution in [3.8, 4) is 11.5 Å². The van der Waals surface area contributed by atoms with Crippen LogP contribution in [0.1, 0.15) is 31.9 Å². The molecule has 0 bridgehead atoms. The standard InChI is InChI=1S/C22H26O4/c1-16(2)21(23)26-15-14-25-20-12-8-18(9-13-20)22(3,4)17-6-10-19(24-5)11-7-17/h6-13H,1,14-15H2,2-5H3. The van der Waals surface area contributed by atoms with Crippen molar-refractivity contribution in [1.82, 2.24) is 0 Å². The molecule has 2 aromatic rings. The minimum Gasteiger partial charge on any atom is -0.497 e. The van der Waals surface area contributed by atoms with Crippen molar-refractivity contribution in [3.05, 3.63) is 71.8 Å². The number of ether oxygens (including phenoxy) is 3. The van der Waals surface area contributed by atoms with Crippen LogP contribution in [-0.4, -0.2) is 26.3 Å². The second-order valence-corrected chi connectivity index (χ2v) is 6.64. The van der Waals surface area contributed by atoms with E-state index in [1.807, 2.05) is 24.3 Å². The SMILES string of the molecule is C=C(C)C(=O)OCCOc1ccc(C(C)(C)c2ccc(OC)cc2)cc1. The number of carbonyl (C=O) groups is 1. The first-order valence-corrected chi connectivity index (χ1v) is 8.55. The van der Waals surface area contributed by atoms with Gasteiger partial charge in [-0.3, -0.25) is 0 Å². The summed E-state index contributed by atoms with van der Waals surface area (Å²) in [5, 5.41) is 0. The van der Waals surface area contributed by atoms with Gasteiger partial charge in [0.2, 0.25) is 0 Å². The van der Waals surface area contributed by atoms with Gasteiger partial charge in [0.25, 0.3) is 0 Å². The molecule has 0 aliphatic rings. The number of esters is 1. The first kappa shape index (κ1) is 19.6. The van der Waals surface area contributed by atoms with E-state index >= 15 is 0 Å². The Bertz CT molecular complexity index is 743. The van der Waals surface area contributed by atoms with Crippen LogP contribution < -0.4 is 9.47 Å². The molecule has 0 saturated heterocycles. The average molecular weight is 354 g/mol. The lowest BCUT2D eigenvalue weighted by atomic mass is 9.78. The topological polar surface area (TPSA) is 44.8 Å². The van der Waals surface area contributed by atoms with Gasteiger partial charge in [-0.15, -0.1) is 0 Å². The molecule has 0 radical (unpaired) electrons. The summed E-state index contributed by atoms with van der Waals surface area (Å²) in [5.41, 5.74) is 2.64. The van der Waals surface area contributed by atoms with Crippen LogP contribution >= 0.6 is 0 Å². The van der Waals surface area contributed by atoms with E-state index in [0.717, 1.165) is 11.5 Å². The van der Waals surface area contributed by atoms with Crippen LogP contribution in [0.3, 0.4) is 0 Å². The summed E-state index contributed by atoms with van der Waals surface area (Å²) in [6, 6.07) is 16.1. The molecule has 0 aromatic heterocycles. The maximum atomic E-state index is 11.3. The molecule has 0 aliphatic heterocycles. The molecule has 0 aliphatic carbocycles. The normalized spacial score (nSPS) is 10.9. The maximum Gasteiger partial charge on any atom is 0.333 e. The Hall–Kier alpha value is -2.75. The average Bonchev–Trinajstić information content (AvgIpc) is 2.65. The van der Waals surface area contributed by atoms with Crippen LogP contribution in [0, 0.1) is 0 Å². The van der Waals surface area contributed by atoms with Crippen LogP contribution in [0.5, 0.6) is 11.5 Å². The highest BCUT2D eigenvalue weighted by atomic mass is 16.6. The number of rotatable bonds is 8. The summed E-state index contributed by atoms with van der Waals surface area (Å²) < 4.78 is 15.8. The van der Waals surface area contributed by atoms with Crippen molar-refractivity contribution in [3.63, 3.8) is 0 Å². The molecule has 0 atom stereocenters. The lowest BCUT2D eigenvalue weighted by Gasteiger charge is -2.26. The van der Waals surface area contributed by atoms with E-state index in [2.05, 4.69) is 44.7 Å². The molecule has 4 nitrogen and oxygen atoms in total. The number of hydrogen-bond donors (Lipinski definition) is 0. The van der Waals surface area contributed by atoms with E-state index in [1.165, 1.54) is 11.1 Å². The number of carbonyl (C=O) groups excluding carboxylic acids is 1. The third kappa shape index (κ3) is 4.88. The Morgan fingerprint density at radius 3 is 1.88 bits per heavy atom. The predicted octanol–water partition coefficient (Wildman–Crippen LogP) is 4.52. The Kier molecular flexibility index (Phi) is 6.45. The second kappa shape index (κ2) is 8.56. The van der Waals surface area contributed by atoms with Crippen molar-refractivity contribution >= 4 is 5.97 Å². The Labute approximate surface area is 155 Å². The molecular weight excluding hydrogens is 328 g/mol. The van der Waals surface area contributed by atoms with Gasteiger partial charge in [-0.25, -0.2) is 4.79 Å². The Morgan fingerprint density at radius 1 is 0.923 bits per heavy atom. The summed E-state index contributed by atoms with van der Waals surface area (Å²) in [4.78, 5) is 11.3. The molecule has 0 heterocycles. The van der Waals surface area contributed by atoms with Crippen LogP contribution in [0.15, 0.2) is 60.7 Å². The molecule has 26 heavy (non-hydrogen) atoms. The molecule has 0 saturated carbocycles. The van der Waals surface area contributed by atoms with Gasteiger partial charge in [0.15, 0.2) is 0 Å². The fourth-order valence-corrected chi connectivity index (χ4v) is 2.56. The summed E-state index contributed by atoms with van der Waals surface area (Å²) in [6.07, 6.45) is 0. The first-order valence-electron chi connectivity index (χ1n) is 8.55. The van der Waals surface area contributed by atoms with Crippen molar-refractivity contribution in [2.75, 3.05) is 20.3 Å². The molecule has 0 N–H and O–H groups in total. The highest BCUT2D eigenvalue weighted by molar-refractivity contribution is 5.86. The second-order valence-electron chi connectivity index (χ2n) is 6.64. The van der Waals surface area contributed by atoms with Crippen molar-refractivity contribution in [2.24, 2.45) is 0 Å². The summed E-state index contributed by atoms with van der Waals surface area (Å²) >= 11 is 0. The zero-order valence-corrected chi connectivity index (χ0v) is 15.9. The minimum absolute atomic E-state index is 0.137. The van der Waals surface area contributed by atoms with Gasteiger partial charge in [0.1, 0.15) is 24.7 Å². The molecular formula is C22H26O4. The predicted molar refractivity (Wildman–Crippen MR) is 103 cm³/mol. The number of benzene rings is 2. The number of hydrogen-bond acceptors (Lipinski definition) is 4. The minimum atomic E-state index is -0.398. The van der Waals surface area contributed by atoms with E-state index < -0.39 is 5.97 Å². The van der Waals surface area contributed by atoms with E-state index in [4.69, 9.17) is 14.2 Å². The molecule has 0 spiro atoms. The van der Waals surface area contributed by atoms with Crippen LogP contribution in [0.2, 0.25) is 0 Å². The number of methoxy groups -OCH3 is 1. The molecule has 2 rings (SSSR count). The summed E-state index contributed by atoms with van der Waals surface area (Å²) in [5.74, 6) is 1.19. The van der Waals surface area contributed by atoms with E-state index in [9.17, 15) is 4.79 Å². The summed E-state index contributed by atoms with van der Waals surface area (Å²) in [7, 11) is 1.67. The van der Waals surface area contributed by atoms with E-state index in [-0.39, 0.29) is 12.0 Å². The van der Waals surface area contributed by atoms with Gasteiger partial charge in [-0.1, -0.05) is 44.7 Å². The van der Waals surface area contributed by atoms with Gasteiger partial charge in [-0.2, -0.15) is 0 Å². The molecule has 0 amide bonds. The first-order chi connectivity index (χ1) is 12.3. The Balaban J connectivity index is 1.96. The highest BCUT2D eigenvalue weighted by Crippen LogP contribution is 2.33. The highest BCUT2D eigenvalue weighted by Gasteiger charge is 2.23. The lowest BCUT2D eigenvalue weighted by Crippen LogP contribution is -2.18. The third-order valence-corrected chi connectivity index (χ3v) is 4.32. The quantitative estimate of drug-likeness (QED) is 0.397. The zero-order valence-electron chi connectivity index (χ0n) is 15.9. The van der Waals surface area contributed by atoms with Crippen molar-refractivity contribution in [1.29, 1.82) is 0 Å². The van der Waals surface area contributed by atoms with Crippen molar-refractivity contribution in [2.45, 2.75) is 26.2 Å². The van der Waals surface area contributed by atoms with Gasteiger partial charge >= 0.3 is 5.97 Å². The molecule has 138 valence electrons. The zero-order chi connectivity index (χ0) is 19.2. The van der Waals surface area contributed by atoms with Crippen LogP contribution in [0.4, 0.5) is 0 Å². The fourth-order valence-electron chi connectivity index (χ4n) is 2.56. The van der Waals surface area contributed by atoms with Crippen LogP contribution in [0.25, 0.3) is 0 Å². The van der Waals surface area contributed by atoms with Gasteiger partial charge in [0, 0.05) is 11.0 Å². The van der Waals surface area contributed by atoms with Crippen LogP contribution in [-0.2, 0) is 14.9 Å². The van der Waals surface area contributed by atoms with Gasteiger partial charge in [-0.05, 0) is 42.3 Å². The molecule has 0 fully saturated rings. The molecule has 2 aromatic carbocycles. The summed E-state index contributed by atoms with van der Waals surface area (Å²) in [6.45, 7) is 10.0. The van der Waals surface area contributed by atoms with E-state index in [0.29, 0.717) is 12.2 Å². The van der Waals surface area contributed by atoms with Gasteiger partial charge < -0.3 is 14.2 Å².